The summed E-state index contributed by atoms with van der Waals surface area (Å²) in [7, 11) is 1.90. The number of hydrogen-bond donors (Lipinski definition) is 0. The molecule has 90 valence electrons. The largest absolute Gasteiger partial charge is 0.284 e. The van der Waals surface area contributed by atoms with Gasteiger partial charge in [0.2, 0.25) is 0 Å². The van der Waals surface area contributed by atoms with E-state index in [9.17, 15) is 4.79 Å². The Morgan fingerprint density at radius 3 is 2.89 bits per heavy atom. The van der Waals surface area contributed by atoms with Crippen molar-refractivity contribution in [3.8, 4) is 5.69 Å². The molecule has 0 bridgehead atoms. The number of pyridine rings is 1. The van der Waals surface area contributed by atoms with Gasteiger partial charge in [0.1, 0.15) is 0 Å². The standard InChI is InChI=1S/C14H13N3O/c1-10-4-3-7-17(14(10)18)12-5-6-13-11(8-12)9-15-16(13)2/h3-9H,1-2H3. The van der Waals surface area contributed by atoms with E-state index in [1.54, 1.807) is 17.0 Å². The lowest BCUT2D eigenvalue weighted by atomic mass is 10.2. The van der Waals surface area contributed by atoms with Crippen LogP contribution in [0.2, 0.25) is 0 Å². The van der Waals surface area contributed by atoms with Gasteiger partial charge in [0, 0.05) is 29.9 Å². The van der Waals surface area contributed by atoms with Crippen molar-refractivity contribution in [1.82, 2.24) is 14.3 Å². The first-order valence-corrected chi connectivity index (χ1v) is 5.77. The van der Waals surface area contributed by atoms with Gasteiger partial charge in [-0.1, -0.05) is 6.07 Å². The number of nitrogens with zero attached hydrogens (tertiary/aromatic N) is 3. The molecule has 0 atom stereocenters. The van der Waals surface area contributed by atoms with Crippen LogP contribution in [0.1, 0.15) is 5.56 Å². The topological polar surface area (TPSA) is 39.8 Å². The van der Waals surface area contributed by atoms with Gasteiger partial charge in [-0.05, 0) is 31.2 Å². The van der Waals surface area contributed by atoms with Gasteiger partial charge in [0.05, 0.1) is 11.7 Å². The number of hydrogen-bond acceptors (Lipinski definition) is 2. The van der Waals surface area contributed by atoms with Crippen LogP contribution in [0.3, 0.4) is 0 Å². The van der Waals surface area contributed by atoms with Crippen molar-refractivity contribution in [3.05, 3.63) is 58.6 Å². The van der Waals surface area contributed by atoms with Gasteiger partial charge in [-0.25, -0.2) is 0 Å². The summed E-state index contributed by atoms with van der Waals surface area (Å²) in [5.74, 6) is 0. The molecule has 18 heavy (non-hydrogen) atoms. The highest BCUT2D eigenvalue weighted by atomic mass is 16.1. The first-order valence-electron chi connectivity index (χ1n) is 5.77. The highest BCUT2D eigenvalue weighted by molar-refractivity contribution is 5.80. The first-order chi connectivity index (χ1) is 8.66. The lowest BCUT2D eigenvalue weighted by molar-refractivity contribution is 0.797. The Labute approximate surface area is 104 Å². The van der Waals surface area contributed by atoms with Gasteiger partial charge in [-0.15, -0.1) is 0 Å². The minimum Gasteiger partial charge on any atom is -0.284 e. The smallest absolute Gasteiger partial charge is 0.257 e. The maximum absolute atomic E-state index is 12.1. The Bertz CT molecular complexity index is 783. The van der Waals surface area contributed by atoms with Gasteiger partial charge in [-0.3, -0.25) is 14.0 Å². The minimum absolute atomic E-state index is 0.0146. The summed E-state index contributed by atoms with van der Waals surface area (Å²) in [5.41, 5.74) is 2.67. The van der Waals surface area contributed by atoms with Crippen molar-refractivity contribution in [1.29, 1.82) is 0 Å². The second-order valence-corrected chi connectivity index (χ2v) is 4.38. The molecule has 0 amide bonds. The minimum atomic E-state index is 0.0146. The van der Waals surface area contributed by atoms with Crippen LogP contribution in [0.15, 0.2) is 47.5 Å². The molecule has 0 radical (unpaired) electrons. The molecule has 0 spiro atoms. The number of aryl methyl sites for hydroxylation is 2. The van der Waals surface area contributed by atoms with Crippen molar-refractivity contribution in [3.63, 3.8) is 0 Å². The van der Waals surface area contributed by atoms with E-state index in [1.807, 2.05) is 49.0 Å². The fourth-order valence-corrected chi connectivity index (χ4v) is 2.11. The highest BCUT2D eigenvalue weighted by Gasteiger charge is 2.04. The van der Waals surface area contributed by atoms with Gasteiger partial charge >= 0.3 is 0 Å². The number of rotatable bonds is 1. The predicted molar refractivity (Wildman–Crippen MR) is 71.0 cm³/mol. The van der Waals surface area contributed by atoms with E-state index in [0.717, 1.165) is 22.2 Å². The molecule has 2 heterocycles. The average molecular weight is 239 g/mol. The molecule has 0 aliphatic rings. The molecule has 0 fully saturated rings. The molecule has 0 saturated carbocycles. The van der Waals surface area contributed by atoms with Crippen LogP contribution in [-0.4, -0.2) is 14.3 Å². The van der Waals surface area contributed by atoms with Crippen LogP contribution in [0.25, 0.3) is 16.6 Å². The van der Waals surface area contributed by atoms with E-state index in [4.69, 9.17) is 0 Å². The number of fused-ring (bicyclic) bond motifs is 1. The van der Waals surface area contributed by atoms with Gasteiger partial charge < -0.3 is 0 Å². The zero-order valence-electron chi connectivity index (χ0n) is 10.3. The summed E-state index contributed by atoms with van der Waals surface area (Å²) in [4.78, 5) is 12.1. The summed E-state index contributed by atoms with van der Waals surface area (Å²) >= 11 is 0. The van der Waals surface area contributed by atoms with Gasteiger partial charge in [-0.2, -0.15) is 5.10 Å². The zero-order chi connectivity index (χ0) is 12.7. The molecular formula is C14H13N3O. The Hall–Kier alpha value is -2.36. The first kappa shape index (κ1) is 10.8. The summed E-state index contributed by atoms with van der Waals surface area (Å²) < 4.78 is 3.47. The third-order valence-corrected chi connectivity index (χ3v) is 3.15. The lowest BCUT2D eigenvalue weighted by Gasteiger charge is -2.06. The quantitative estimate of drug-likeness (QED) is 0.652. The third-order valence-electron chi connectivity index (χ3n) is 3.15. The van der Waals surface area contributed by atoms with Crippen molar-refractivity contribution in [2.24, 2.45) is 7.05 Å². The normalized spacial score (nSPS) is 11.0. The van der Waals surface area contributed by atoms with Crippen molar-refractivity contribution < 1.29 is 0 Å². The SMILES string of the molecule is Cc1cccn(-c2ccc3c(cnn3C)c2)c1=O. The predicted octanol–water partition coefficient (Wildman–Crippen LogP) is 2.03. The van der Waals surface area contributed by atoms with Crippen LogP contribution in [0, 0.1) is 6.92 Å². The van der Waals surface area contributed by atoms with E-state index in [0.29, 0.717) is 0 Å². The second-order valence-electron chi connectivity index (χ2n) is 4.38. The van der Waals surface area contributed by atoms with Gasteiger partial charge in [0.15, 0.2) is 0 Å². The van der Waals surface area contributed by atoms with Crippen LogP contribution < -0.4 is 5.56 Å². The van der Waals surface area contributed by atoms with Crippen LogP contribution in [0.5, 0.6) is 0 Å². The van der Waals surface area contributed by atoms with Crippen molar-refractivity contribution >= 4 is 10.9 Å². The lowest BCUT2D eigenvalue weighted by Crippen LogP contribution is -2.19. The maximum atomic E-state index is 12.1. The molecule has 0 saturated heterocycles. The summed E-state index contributed by atoms with van der Waals surface area (Å²) in [6, 6.07) is 9.59. The fourth-order valence-electron chi connectivity index (χ4n) is 2.11. The molecule has 0 N–H and O–H groups in total. The molecule has 2 aromatic heterocycles. The summed E-state index contributed by atoms with van der Waals surface area (Å²) in [6.45, 7) is 1.82. The molecule has 3 rings (SSSR count). The Morgan fingerprint density at radius 1 is 1.22 bits per heavy atom. The van der Waals surface area contributed by atoms with E-state index >= 15 is 0 Å². The van der Waals surface area contributed by atoms with E-state index in [1.165, 1.54) is 0 Å². The summed E-state index contributed by atoms with van der Waals surface area (Å²) in [6.07, 6.45) is 3.59. The molecular weight excluding hydrogens is 226 g/mol. The second kappa shape index (κ2) is 3.84. The fraction of sp³-hybridized carbons (Fsp3) is 0.143. The van der Waals surface area contributed by atoms with Crippen molar-refractivity contribution in [2.45, 2.75) is 6.92 Å². The molecule has 3 aromatic rings. The Balaban J connectivity index is 2.26. The Kier molecular flexibility index (Phi) is 2.30. The molecule has 4 heteroatoms. The third kappa shape index (κ3) is 1.54. The van der Waals surface area contributed by atoms with Crippen LogP contribution >= 0.6 is 0 Å². The zero-order valence-corrected chi connectivity index (χ0v) is 10.3. The van der Waals surface area contributed by atoms with Gasteiger partial charge in [0.25, 0.3) is 5.56 Å². The number of benzene rings is 1. The maximum Gasteiger partial charge on any atom is 0.257 e. The molecule has 1 aromatic carbocycles. The van der Waals surface area contributed by atoms with E-state index < -0.39 is 0 Å². The monoisotopic (exact) mass is 239 g/mol. The Morgan fingerprint density at radius 2 is 2.06 bits per heavy atom. The van der Waals surface area contributed by atoms with Crippen LogP contribution in [-0.2, 0) is 7.05 Å². The highest BCUT2D eigenvalue weighted by Crippen LogP contribution is 2.16. The molecule has 4 nitrogen and oxygen atoms in total. The molecule has 0 aliphatic carbocycles. The van der Waals surface area contributed by atoms with E-state index in [2.05, 4.69) is 5.10 Å². The van der Waals surface area contributed by atoms with Crippen LogP contribution in [0.4, 0.5) is 0 Å². The van der Waals surface area contributed by atoms with E-state index in [-0.39, 0.29) is 5.56 Å². The average Bonchev–Trinajstić information content (AvgIpc) is 2.74. The molecule has 0 aliphatic heterocycles. The van der Waals surface area contributed by atoms with Crippen molar-refractivity contribution in [2.75, 3.05) is 0 Å². The number of aromatic nitrogens is 3. The summed E-state index contributed by atoms with van der Waals surface area (Å²) in [5, 5.41) is 5.23. The molecule has 0 unspecified atom stereocenters.